The van der Waals surface area contributed by atoms with Crippen LogP contribution in [-0.2, 0) is 25.5 Å². The number of benzene rings is 1. The van der Waals surface area contributed by atoms with Crippen molar-refractivity contribution in [1.82, 2.24) is 9.55 Å². The second-order valence-electron chi connectivity index (χ2n) is 9.00. The van der Waals surface area contributed by atoms with E-state index in [-0.39, 0.29) is 24.0 Å². The molecule has 1 N–H and O–H groups in total. The highest BCUT2D eigenvalue weighted by Gasteiger charge is 2.46. The second-order valence-corrected chi connectivity index (χ2v) is 9.00. The number of ether oxygens (including phenoxy) is 4. The van der Waals surface area contributed by atoms with Gasteiger partial charge in [-0.05, 0) is 39.7 Å². The van der Waals surface area contributed by atoms with E-state index in [4.69, 9.17) is 18.9 Å². The number of rotatable bonds is 5. The Bertz CT molecular complexity index is 923. The first-order chi connectivity index (χ1) is 14.6. The van der Waals surface area contributed by atoms with Crippen molar-refractivity contribution in [2.75, 3.05) is 13.2 Å². The Hall–Kier alpha value is -2.26. The van der Waals surface area contributed by atoms with Crippen LogP contribution in [0.1, 0.15) is 61.9 Å². The van der Waals surface area contributed by atoms with Crippen LogP contribution in [0.25, 0.3) is 0 Å². The van der Waals surface area contributed by atoms with Gasteiger partial charge in [0, 0.05) is 12.7 Å². The van der Waals surface area contributed by atoms with Gasteiger partial charge in [0.2, 0.25) is 5.82 Å². The predicted octanol–water partition coefficient (Wildman–Crippen LogP) is 3.41. The number of imidazole rings is 1. The van der Waals surface area contributed by atoms with Gasteiger partial charge >= 0.3 is 5.97 Å². The summed E-state index contributed by atoms with van der Waals surface area (Å²) in [5.74, 6) is -2.81. The van der Waals surface area contributed by atoms with E-state index in [0.29, 0.717) is 31.9 Å². The van der Waals surface area contributed by atoms with E-state index in [2.05, 4.69) is 4.98 Å². The standard InChI is InChI=1S/C23H30N2O6/c1-22(2)28-11-10-18(30-22)19-16(14-29-23(3,4)31-19)17-13-25(20(24-17)21(26)27)12-15-8-6-5-7-9-15/h5-9,13,16,18-19H,10-12,14H2,1-4H3,(H,26,27)/t16-,18+,19-/m0/s1. The molecule has 2 saturated heterocycles. The zero-order chi connectivity index (χ0) is 22.2. The van der Waals surface area contributed by atoms with Crippen LogP contribution < -0.4 is 0 Å². The van der Waals surface area contributed by atoms with E-state index in [0.717, 1.165) is 5.56 Å². The smallest absolute Gasteiger partial charge is 0.372 e. The Morgan fingerprint density at radius 2 is 1.84 bits per heavy atom. The summed E-state index contributed by atoms with van der Waals surface area (Å²) in [5.41, 5.74) is 1.62. The van der Waals surface area contributed by atoms with Crippen molar-refractivity contribution in [3.8, 4) is 0 Å². The van der Waals surface area contributed by atoms with Gasteiger partial charge in [0.1, 0.15) is 0 Å². The maximum absolute atomic E-state index is 11.9. The number of aromatic nitrogens is 2. The van der Waals surface area contributed by atoms with Crippen molar-refractivity contribution < 1.29 is 28.8 Å². The van der Waals surface area contributed by atoms with Gasteiger partial charge in [-0.3, -0.25) is 0 Å². The molecule has 168 valence electrons. The maximum atomic E-state index is 11.9. The minimum absolute atomic E-state index is 0.00402. The zero-order valence-corrected chi connectivity index (χ0v) is 18.4. The average molecular weight is 431 g/mol. The molecule has 2 fully saturated rings. The number of hydrogen-bond acceptors (Lipinski definition) is 6. The Morgan fingerprint density at radius 1 is 1.13 bits per heavy atom. The van der Waals surface area contributed by atoms with Crippen molar-refractivity contribution in [3.63, 3.8) is 0 Å². The molecule has 0 bridgehead atoms. The molecule has 0 unspecified atom stereocenters. The molecule has 0 spiro atoms. The van der Waals surface area contributed by atoms with Crippen molar-refractivity contribution in [1.29, 1.82) is 0 Å². The van der Waals surface area contributed by atoms with Gasteiger partial charge in [-0.2, -0.15) is 0 Å². The highest BCUT2D eigenvalue weighted by Crippen LogP contribution is 2.38. The summed E-state index contributed by atoms with van der Waals surface area (Å²) in [6, 6.07) is 9.71. The normalized spacial score (nSPS) is 27.7. The predicted molar refractivity (Wildman–Crippen MR) is 112 cm³/mol. The highest BCUT2D eigenvalue weighted by molar-refractivity contribution is 5.83. The summed E-state index contributed by atoms with van der Waals surface area (Å²) in [6.45, 7) is 8.86. The van der Waals surface area contributed by atoms with Crippen LogP contribution in [-0.4, -0.2) is 57.6 Å². The van der Waals surface area contributed by atoms with Gasteiger partial charge in [0.25, 0.3) is 0 Å². The zero-order valence-electron chi connectivity index (χ0n) is 18.4. The van der Waals surface area contributed by atoms with Crippen molar-refractivity contribution >= 4 is 5.97 Å². The Labute approximate surface area is 182 Å². The summed E-state index contributed by atoms with van der Waals surface area (Å²) in [7, 11) is 0. The SMILES string of the molecule is CC1(C)OC[C@@H](c2cn(Cc3ccccc3)c(C(=O)O)n2)[C@@H]([C@H]2CCOC(C)(C)O2)O1. The summed E-state index contributed by atoms with van der Waals surface area (Å²) in [5, 5.41) is 9.73. The molecule has 8 nitrogen and oxygen atoms in total. The lowest BCUT2D eigenvalue weighted by molar-refractivity contribution is -0.341. The quantitative estimate of drug-likeness (QED) is 0.777. The number of hydrogen-bond donors (Lipinski definition) is 1. The maximum Gasteiger partial charge on any atom is 0.372 e. The molecular formula is C23H30N2O6. The molecule has 1 aromatic carbocycles. The average Bonchev–Trinajstić information content (AvgIpc) is 3.11. The minimum Gasteiger partial charge on any atom is -0.475 e. The van der Waals surface area contributed by atoms with Crippen LogP contribution in [0.3, 0.4) is 0 Å². The highest BCUT2D eigenvalue weighted by atomic mass is 16.7. The lowest BCUT2D eigenvalue weighted by Crippen LogP contribution is -2.54. The summed E-state index contributed by atoms with van der Waals surface area (Å²) in [4.78, 5) is 16.4. The van der Waals surface area contributed by atoms with Crippen molar-refractivity contribution in [2.45, 2.75) is 70.4 Å². The van der Waals surface area contributed by atoms with E-state index in [9.17, 15) is 9.90 Å². The molecule has 4 rings (SSSR count). The number of nitrogens with zero attached hydrogens (tertiary/aromatic N) is 2. The fourth-order valence-corrected chi connectivity index (χ4v) is 4.21. The van der Waals surface area contributed by atoms with Crippen LogP contribution in [0.15, 0.2) is 36.5 Å². The molecule has 3 atom stereocenters. The molecule has 0 amide bonds. The summed E-state index contributed by atoms with van der Waals surface area (Å²) >= 11 is 0. The molecular weight excluding hydrogens is 400 g/mol. The van der Waals surface area contributed by atoms with Crippen molar-refractivity contribution in [3.05, 3.63) is 53.6 Å². The van der Waals surface area contributed by atoms with E-state index in [1.165, 1.54) is 0 Å². The summed E-state index contributed by atoms with van der Waals surface area (Å²) in [6.07, 6.45) is 1.92. The third kappa shape index (κ3) is 4.98. The van der Waals surface area contributed by atoms with Crippen LogP contribution >= 0.6 is 0 Å². The third-order valence-electron chi connectivity index (χ3n) is 5.64. The number of carbonyl (C=O) groups is 1. The van der Waals surface area contributed by atoms with Gasteiger partial charge in [-0.1, -0.05) is 30.3 Å². The van der Waals surface area contributed by atoms with Crippen LogP contribution in [0.2, 0.25) is 0 Å². The lowest BCUT2D eigenvalue weighted by Gasteiger charge is -2.47. The van der Waals surface area contributed by atoms with Gasteiger partial charge in [0.05, 0.1) is 37.0 Å². The third-order valence-corrected chi connectivity index (χ3v) is 5.64. The number of carboxylic acids is 1. The van der Waals surface area contributed by atoms with Gasteiger partial charge in [-0.15, -0.1) is 0 Å². The largest absolute Gasteiger partial charge is 0.475 e. The minimum atomic E-state index is -1.07. The molecule has 2 aromatic rings. The van der Waals surface area contributed by atoms with Crippen LogP contribution in [0, 0.1) is 0 Å². The van der Waals surface area contributed by atoms with Gasteiger partial charge in [-0.25, -0.2) is 9.78 Å². The number of carboxylic acid groups (broad SMARTS) is 1. The van der Waals surface area contributed by atoms with Crippen molar-refractivity contribution in [2.24, 2.45) is 0 Å². The van der Waals surface area contributed by atoms with Gasteiger partial charge in [0.15, 0.2) is 11.6 Å². The van der Waals surface area contributed by atoms with E-state index in [1.54, 1.807) is 10.8 Å². The number of aromatic carboxylic acids is 1. The first-order valence-corrected chi connectivity index (χ1v) is 10.6. The molecule has 0 radical (unpaired) electrons. The second kappa shape index (κ2) is 8.35. The Kier molecular flexibility index (Phi) is 5.91. The Balaban J connectivity index is 1.65. The molecule has 1 aromatic heterocycles. The summed E-state index contributed by atoms with van der Waals surface area (Å²) < 4.78 is 25.8. The Morgan fingerprint density at radius 3 is 2.52 bits per heavy atom. The molecule has 2 aliphatic heterocycles. The fraction of sp³-hybridized carbons (Fsp3) is 0.565. The van der Waals surface area contributed by atoms with Gasteiger partial charge < -0.3 is 28.6 Å². The van der Waals surface area contributed by atoms with E-state index >= 15 is 0 Å². The molecule has 2 aliphatic rings. The monoisotopic (exact) mass is 430 g/mol. The van der Waals surface area contributed by atoms with Crippen LogP contribution in [0.4, 0.5) is 0 Å². The molecule has 3 heterocycles. The molecule has 0 saturated carbocycles. The molecule has 0 aliphatic carbocycles. The van der Waals surface area contributed by atoms with Crippen LogP contribution in [0.5, 0.6) is 0 Å². The topological polar surface area (TPSA) is 92.0 Å². The molecule has 31 heavy (non-hydrogen) atoms. The first-order valence-electron chi connectivity index (χ1n) is 10.6. The fourth-order valence-electron chi connectivity index (χ4n) is 4.21. The first kappa shape index (κ1) is 22.0. The molecule has 8 heteroatoms. The van der Waals surface area contributed by atoms with E-state index in [1.807, 2.05) is 58.0 Å². The lowest BCUT2D eigenvalue weighted by atomic mass is 9.91. The van der Waals surface area contributed by atoms with E-state index < -0.39 is 17.5 Å².